The van der Waals surface area contributed by atoms with Crippen LogP contribution >= 0.6 is 0 Å². The molecule has 0 atom stereocenters. The molecular formula is C16H27FN2. The van der Waals surface area contributed by atoms with Crippen LogP contribution in [0.15, 0.2) is 18.2 Å². The fourth-order valence-corrected chi connectivity index (χ4v) is 2.24. The van der Waals surface area contributed by atoms with Crippen molar-refractivity contribution in [3.05, 3.63) is 29.6 Å². The van der Waals surface area contributed by atoms with Crippen molar-refractivity contribution in [2.45, 2.75) is 53.1 Å². The van der Waals surface area contributed by atoms with Gasteiger partial charge in [0.05, 0.1) is 0 Å². The third-order valence-corrected chi connectivity index (χ3v) is 3.12. The fraction of sp³-hybridized carbons (Fsp3) is 0.625. The average molecular weight is 266 g/mol. The highest BCUT2D eigenvalue weighted by atomic mass is 19.1. The Hall–Kier alpha value is -1.09. The van der Waals surface area contributed by atoms with Crippen molar-refractivity contribution in [1.29, 1.82) is 0 Å². The first-order chi connectivity index (χ1) is 9.08. The minimum atomic E-state index is -0.146. The van der Waals surface area contributed by atoms with E-state index in [-0.39, 0.29) is 5.82 Å². The molecule has 108 valence electrons. The number of nitrogens with zero attached hydrogens (tertiary/aromatic N) is 1. The standard InChI is InChI=1S/C16H27FN2/c1-5-7-18-12-14-9-15(17)11-16(10-14)19(8-6-2)13(3)4/h9-11,13,18H,5-8,12H2,1-4H3. The topological polar surface area (TPSA) is 15.3 Å². The van der Waals surface area contributed by atoms with Gasteiger partial charge in [0.15, 0.2) is 0 Å². The molecule has 0 heterocycles. The van der Waals surface area contributed by atoms with Crippen molar-refractivity contribution in [2.24, 2.45) is 0 Å². The number of hydrogen-bond acceptors (Lipinski definition) is 2. The van der Waals surface area contributed by atoms with Gasteiger partial charge in [0.2, 0.25) is 0 Å². The summed E-state index contributed by atoms with van der Waals surface area (Å²) in [6.07, 6.45) is 2.16. The molecule has 0 bridgehead atoms. The zero-order chi connectivity index (χ0) is 14.3. The molecule has 0 radical (unpaired) electrons. The summed E-state index contributed by atoms with van der Waals surface area (Å²) < 4.78 is 13.7. The van der Waals surface area contributed by atoms with Crippen LogP contribution in [0.4, 0.5) is 10.1 Å². The number of halogens is 1. The number of anilines is 1. The number of rotatable bonds is 8. The Morgan fingerprint density at radius 1 is 1.16 bits per heavy atom. The predicted molar refractivity (Wildman–Crippen MR) is 81.2 cm³/mol. The van der Waals surface area contributed by atoms with Crippen LogP contribution in [0.2, 0.25) is 0 Å². The maximum Gasteiger partial charge on any atom is 0.125 e. The van der Waals surface area contributed by atoms with Crippen LogP contribution in [-0.2, 0) is 6.54 Å². The summed E-state index contributed by atoms with van der Waals surface area (Å²) in [6.45, 7) is 11.2. The molecule has 0 unspecified atom stereocenters. The molecule has 3 heteroatoms. The highest BCUT2D eigenvalue weighted by Crippen LogP contribution is 2.21. The van der Waals surface area contributed by atoms with Crippen LogP contribution in [0.1, 0.15) is 46.1 Å². The molecule has 0 fully saturated rings. The van der Waals surface area contributed by atoms with Gasteiger partial charge in [0.1, 0.15) is 5.82 Å². The SMILES string of the molecule is CCCNCc1cc(F)cc(N(CCC)C(C)C)c1. The van der Waals surface area contributed by atoms with Gasteiger partial charge in [-0.2, -0.15) is 0 Å². The Morgan fingerprint density at radius 2 is 1.89 bits per heavy atom. The zero-order valence-corrected chi connectivity index (χ0v) is 12.7. The maximum atomic E-state index is 13.7. The van der Waals surface area contributed by atoms with Gasteiger partial charge >= 0.3 is 0 Å². The molecule has 19 heavy (non-hydrogen) atoms. The van der Waals surface area contributed by atoms with E-state index in [9.17, 15) is 4.39 Å². The number of nitrogens with one attached hydrogen (secondary N) is 1. The third kappa shape index (κ3) is 5.19. The lowest BCUT2D eigenvalue weighted by molar-refractivity contribution is 0.612. The Balaban J connectivity index is 2.87. The molecule has 0 aliphatic rings. The lowest BCUT2D eigenvalue weighted by Crippen LogP contribution is -2.31. The highest BCUT2D eigenvalue weighted by Gasteiger charge is 2.11. The lowest BCUT2D eigenvalue weighted by atomic mass is 10.1. The molecule has 1 rings (SSSR count). The summed E-state index contributed by atoms with van der Waals surface area (Å²) >= 11 is 0. The van der Waals surface area contributed by atoms with Crippen LogP contribution in [0.5, 0.6) is 0 Å². The lowest BCUT2D eigenvalue weighted by Gasteiger charge is -2.29. The Labute approximate surface area is 117 Å². The normalized spacial score (nSPS) is 11.1. The first-order valence-electron chi connectivity index (χ1n) is 7.35. The Kier molecular flexibility index (Phi) is 6.85. The molecule has 0 saturated heterocycles. The molecular weight excluding hydrogens is 239 g/mol. The van der Waals surface area contributed by atoms with Gasteiger partial charge < -0.3 is 10.2 Å². The second-order valence-corrected chi connectivity index (χ2v) is 5.28. The third-order valence-electron chi connectivity index (χ3n) is 3.12. The summed E-state index contributed by atoms with van der Waals surface area (Å²) in [5.74, 6) is -0.146. The summed E-state index contributed by atoms with van der Waals surface area (Å²) in [5, 5.41) is 3.32. The first-order valence-corrected chi connectivity index (χ1v) is 7.35. The van der Waals surface area contributed by atoms with E-state index in [2.05, 4.69) is 44.0 Å². The molecule has 0 saturated carbocycles. The molecule has 1 N–H and O–H groups in total. The van der Waals surface area contributed by atoms with Crippen molar-refractivity contribution in [2.75, 3.05) is 18.0 Å². The Bertz CT molecular complexity index is 377. The van der Waals surface area contributed by atoms with Gasteiger partial charge in [-0.3, -0.25) is 0 Å². The van der Waals surface area contributed by atoms with E-state index in [1.165, 1.54) is 0 Å². The van der Waals surface area contributed by atoms with Crippen LogP contribution in [0.25, 0.3) is 0 Å². The van der Waals surface area contributed by atoms with Gasteiger partial charge in [-0.25, -0.2) is 4.39 Å². The quantitative estimate of drug-likeness (QED) is 0.717. The summed E-state index contributed by atoms with van der Waals surface area (Å²) in [5.41, 5.74) is 2.01. The van der Waals surface area contributed by atoms with E-state index in [1.54, 1.807) is 12.1 Å². The minimum absolute atomic E-state index is 0.146. The second kappa shape index (κ2) is 8.16. The molecule has 0 spiro atoms. The van der Waals surface area contributed by atoms with Gasteiger partial charge in [0.25, 0.3) is 0 Å². The van der Waals surface area contributed by atoms with Crippen molar-refractivity contribution in [3.8, 4) is 0 Å². The van der Waals surface area contributed by atoms with Gasteiger partial charge in [-0.1, -0.05) is 13.8 Å². The van der Waals surface area contributed by atoms with Crippen LogP contribution in [0, 0.1) is 5.82 Å². The molecule has 0 aliphatic carbocycles. The second-order valence-electron chi connectivity index (χ2n) is 5.28. The van der Waals surface area contributed by atoms with E-state index in [0.29, 0.717) is 6.04 Å². The van der Waals surface area contributed by atoms with E-state index in [0.717, 1.165) is 43.7 Å². The largest absolute Gasteiger partial charge is 0.369 e. The highest BCUT2D eigenvalue weighted by molar-refractivity contribution is 5.49. The average Bonchev–Trinajstić information content (AvgIpc) is 2.35. The fourth-order valence-electron chi connectivity index (χ4n) is 2.24. The number of hydrogen-bond donors (Lipinski definition) is 1. The van der Waals surface area contributed by atoms with Gasteiger partial charge in [0, 0.05) is 24.8 Å². The Morgan fingerprint density at radius 3 is 2.47 bits per heavy atom. The molecule has 2 nitrogen and oxygen atoms in total. The van der Waals surface area contributed by atoms with Crippen molar-refractivity contribution < 1.29 is 4.39 Å². The molecule has 0 amide bonds. The monoisotopic (exact) mass is 266 g/mol. The van der Waals surface area contributed by atoms with E-state index in [4.69, 9.17) is 0 Å². The first kappa shape index (κ1) is 16.0. The van der Waals surface area contributed by atoms with E-state index in [1.807, 2.05) is 0 Å². The zero-order valence-electron chi connectivity index (χ0n) is 12.7. The smallest absolute Gasteiger partial charge is 0.125 e. The van der Waals surface area contributed by atoms with Crippen molar-refractivity contribution in [3.63, 3.8) is 0 Å². The molecule has 1 aromatic rings. The van der Waals surface area contributed by atoms with E-state index >= 15 is 0 Å². The van der Waals surface area contributed by atoms with Crippen LogP contribution < -0.4 is 10.2 Å². The number of benzene rings is 1. The van der Waals surface area contributed by atoms with Gasteiger partial charge in [-0.15, -0.1) is 0 Å². The minimum Gasteiger partial charge on any atom is -0.369 e. The summed E-state index contributed by atoms with van der Waals surface area (Å²) in [4.78, 5) is 2.26. The van der Waals surface area contributed by atoms with Crippen LogP contribution in [0.3, 0.4) is 0 Å². The summed E-state index contributed by atoms with van der Waals surface area (Å²) in [7, 11) is 0. The van der Waals surface area contributed by atoms with Crippen molar-refractivity contribution >= 4 is 5.69 Å². The van der Waals surface area contributed by atoms with E-state index < -0.39 is 0 Å². The van der Waals surface area contributed by atoms with Crippen molar-refractivity contribution in [1.82, 2.24) is 5.32 Å². The predicted octanol–water partition coefficient (Wildman–Crippen LogP) is 3.95. The molecule has 0 aromatic heterocycles. The van der Waals surface area contributed by atoms with Crippen LogP contribution in [-0.4, -0.2) is 19.1 Å². The molecule has 1 aromatic carbocycles. The molecule has 0 aliphatic heterocycles. The maximum absolute atomic E-state index is 13.7. The van der Waals surface area contributed by atoms with Gasteiger partial charge in [-0.05, 0) is 57.0 Å². The summed E-state index contributed by atoms with van der Waals surface area (Å²) in [6, 6.07) is 5.75.